The predicted octanol–water partition coefficient (Wildman–Crippen LogP) is 3.97. The zero-order chi connectivity index (χ0) is 18.7. The molecule has 7 nitrogen and oxygen atoms in total. The van der Waals surface area contributed by atoms with E-state index in [1.165, 1.54) is 6.07 Å². The average Bonchev–Trinajstić information content (AvgIpc) is 3.11. The first-order chi connectivity index (χ1) is 12.4. The molecule has 1 amide bonds. The molecule has 0 radical (unpaired) electrons. The summed E-state index contributed by atoms with van der Waals surface area (Å²) in [4.78, 5) is 22.3. The summed E-state index contributed by atoms with van der Waals surface area (Å²) in [5, 5.41) is 14.5. The summed E-state index contributed by atoms with van der Waals surface area (Å²) in [5.74, 6) is -1.10. The predicted molar refractivity (Wildman–Crippen MR) is 95.9 cm³/mol. The highest BCUT2D eigenvalue weighted by molar-refractivity contribution is 6.35. The van der Waals surface area contributed by atoms with Crippen LogP contribution in [0.25, 0.3) is 0 Å². The normalized spacial score (nSPS) is 16.2. The molecular formula is C17H16Cl2N2O5. The highest BCUT2D eigenvalue weighted by Crippen LogP contribution is 2.39. The van der Waals surface area contributed by atoms with Crippen LogP contribution < -0.4 is 5.32 Å². The molecular weight excluding hydrogens is 383 g/mol. The highest BCUT2D eigenvalue weighted by Gasteiger charge is 2.37. The quantitative estimate of drug-likeness (QED) is 0.607. The van der Waals surface area contributed by atoms with Gasteiger partial charge in [-0.25, -0.2) is 0 Å². The SMILES string of the molecule is O=C(NCC1(c2ccc(Cl)cc2Cl)CCOCC1)c1ccc([N+](=O)[O-])o1. The van der Waals surface area contributed by atoms with E-state index in [1.807, 2.05) is 6.07 Å². The van der Waals surface area contributed by atoms with Gasteiger partial charge in [-0.2, -0.15) is 0 Å². The van der Waals surface area contributed by atoms with Crippen molar-refractivity contribution >= 4 is 35.0 Å². The number of nitro groups is 1. The van der Waals surface area contributed by atoms with Crippen molar-refractivity contribution in [3.63, 3.8) is 0 Å². The van der Waals surface area contributed by atoms with Crippen LogP contribution in [0.4, 0.5) is 5.88 Å². The van der Waals surface area contributed by atoms with E-state index in [-0.39, 0.29) is 5.76 Å². The third-order valence-electron chi connectivity index (χ3n) is 4.54. The number of ether oxygens (including phenoxy) is 1. The first-order valence-corrected chi connectivity index (χ1v) is 8.73. The number of furan rings is 1. The number of carbonyl (C=O) groups is 1. The Bertz CT molecular complexity index is 830. The lowest BCUT2D eigenvalue weighted by Crippen LogP contribution is -2.44. The Hall–Kier alpha value is -2.09. The van der Waals surface area contributed by atoms with Crippen LogP contribution in [0.3, 0.4) is 0 Å². The van der Waals surface area contributed by atoms with E-state index < -0.39 is 22.1 Å². The molecule has 1 aliphatic heterocycles. The van der Waals surface area contributed by atoms with Crippen LogP contribution in [0.2, 0.25) is 10.0 Å². The summed E-state index contributed by atoms with van der Waals surface area (Å²) >= 11 is 12.4. The zero-order valence-corrected chi connectivity index (χ0v) is 15.2. The van der Waals surface area contributed by atoms with Gasteiger partial charge in [0.15, 0.2) is 5.76 Å². The molecule has 0 unspecified atom stereocenters. The molecule has 2 aromatic rings. The van der Waals surface area contributed by atoms with Crippen LogP contribution in [0.15, 0.2) is 34.7 Å². The molecule has 9 heteroatoms. The second-order valence-corrected chi connectivity index (χ2v) is 6.94. The first-order valence-electron chi connectivity index (χ1n) is 7.97. The minimum absolute atomic E-state index is 0.110. The maximum absolute atomic E-state index is 12.3. The van der Waals surface area contributed by atoms with Crippen molar-refractivity contribution in [2.75, 3.05) is 19.8 Å². The molecule has 1 aromatic carbocycles. The number of rotatable bonds is 5. The summed E-state index contributed by atoms with van der Waals surface area (Å²) in [5.41, 5.74) is 0.478. The van der Waals surface area contributed by atoms with E-state index in [4.69, 9.17) is 32.4 Å². The lowest BCUT2D eigenvalue weighted by Gasteiger charge is -2.38. The summed E-state index contributed by atoms with van der Waals surface area (Å²) in [7, 11) is 0. The standard InChI is InChI=1S/C17H16Cl2N2O5/c18-11-1-2-12(13(19)9-11)17(5-7-25-8-6-17)10-20-16(22)14-3-4-15(26-14)21(23)24/h1-4,9H,5-8,10H2,(H,20,22). The zero-order valence-electron chi connectivity index (χ0n) is 13.7. The Labute approximate surface area is 159 Å². The number of nitrogens with zero attached hydrogens (tertiary/aromatic N) is 1. The molecule has 138 valence electrons. The third-order valence-corrected chi connectivity index (χ3v) is 5.08. The molecule has 26 heavy (non-hydrogen) atoms. The molecule has 1 saturated heterocycles. The molecule has 1 N–H and O–H groups in total. The van der Waals surface area contributed by atoms with Gasteiger partial charge in [-0.1, -0.05) is 29.3 Å². The Morgan fingerprint density at radius 3 is 2.58 bits per heavy atom. The van der Waals surface area contributed by atoms with E-state index in [0.29, 0.717) is 42.6 Å². The van der Waals surface area contributed by atoms with Gasteiger partial charge in [-0.05, 0) is 36.6 Å². The summed E-state index contributed by atoms with van der Waals surface area (Å²) < 4.78 is 10.4. The highest BCUT2D eigenvalue weighted by atomic mass is 35.5. The molecule has 0 spiro atoms. The largest absolute Gasteiger partial charge is 0.433 e. The fourth-order valence-corrected chi connectivity index (χ4v) is 3.72. The molecule has 0 atom stereocenters. The number of halogens is 2. The lowest BCUT2D eigenvalue weighted by molar-refractivity contribution is -0.402. The van der Waals surface area contributed by atoms with Crippen molar-refractivity contribution in [1.82, 2.24) is 5.32 Å². The number of benzene rings is 1. The minimum Gasteiger partial charge on any atom is -0.395 e. The Morgan fingerprint density at radius 1 is 1.23 bits per heavy atom. The van der Waals surface area contributed by atoms with Crippen molar-refractivity contribution in [2.45, 2.75) is 18.3 Å². The maximum atomic E-state index is 12.3. The minimum atomic E-state index is -0.690. The fraction of sp³-hybridized carbons (Fsp3) is 0.353. The van der Waals surface area contributed by atoms with Gasteiger partial charge in [-0.15, -0.1) is 0 Å². The molecule has 0 saturated carbocycles. The van der Waals surface area contributed by atoms with E-state index >= 15 is 0 Å². The van der Waals surface area contributed by atoms with Crippen LogP contribution in [-0.4, -0.2) is 30.6 Å². The fourth-order valence-electron chi connectivity index (χ4n) is 3.11. The van der Waals surface area contributed by atoms with Crippen molar-refractivity contribution in [1.29, 1.82) is 0 Å². The van der Waals surface area contributed by atoms with Crippen LogP contribution in [0, 0.1) is 10.1 Å². The first kappa shape index (κ1) is 18.7. The van der Waals surface area contributed by atoms with Gasteiger partial charge in [0.25, 0.3) is 5.91 Å². The van der Waals surface area contributed by atoms with Crippen LogP contribution in [0.1, 0.15) is 29.0 Å². The molecule has 1 aliphatic rings. The number of hydrogen-bond acceptors (Lipinski definition) is 5. The molecule has 0 aliphatic carbocycles. The van der Waals surface area contributed by atoms with Gasteiger partial charge in [0.1, 0.15) is 4.92 Å². The third kappa shape index (κ3) is 3.85. The van der Waals surface area contributed by atoms with Crippen LogP contribution in [0.5, 0.6) is 0 Å². The van der Waals surface area contributed by atoms with Gasteiger partial charge in [0.05, 0.1) is 6.07 Å². The molecule has 1 aromatic heterocycles. The van der Waals surface area contributed by atoms with Crippen molar-refractivity contribution < 1.29 is 18.9 Å². The van der Waals surface area contributed by atoms with E-state index in [1.54, 1.807) is 12.1 Å². The number of nitrogens with one attached hydrogen (secondary N) is 1. The number of carbonyl (C=O) groups excluding carboxylic acids is 1. The van der Waals surface area contributed by atoms with Crippen molar-refractivity contribution in [2.24, 2.45) is 0 Å². The Kier molecular flexibility index (Phi) is 5.50. The van der Waals surface area contributed by atoms with Crippen molar-refractivity contribution in [3.05, 3.63) is 61.8 Å². The average molecular weight is 399 g/mol. The van der Waals surface area contributed by atoms with E-state index in [2.05, 4.69) is 5.32 Å². The molecule has 2 heterocycles. The van der Waals surface area contributed by atoms with Gasteiger partial charge in [0, 0.05) is 35.2 Å². The number of amides is 1. The summed E-state index contributed by atoms with van der Waals surface area (Å²) in [6.45, 7) is 1.38. The van der Waals surface area contributed by atoms with E-state index in [9.17, 15) is 14.9 Å². The molecule has 3 rings (SSSR count). The van der Waals surface area contributed by atoms with Crippen LogP contribution in [-0.2, 0) is 10.2 Å². The molecule has 1 fully saturated rings. The maximum Gasteiger partial charge on any atom is 0.433 e. The van der Waals surface area contributed by atoms with Gasteiger partial charge in [0.2, 0.25) is 0 Å². The van der Waals surface area contributed by atoms with Crippen molar-refractivity contribution in [3.8, 4) is 0 Å². The second kappa shape index (κ2) is 7.65. The van der Waals surface area contributed by atoms with E-state index in [0.717, 1.165) is 11.6 Å². The van der Waals surface area contributed by atoms with Crippen LogP contribution >= 0.6 is 23.2 Å². The molecule has 0 bridgehead atoms. The summed E-state index contributed by atoms with van der Waals surface area (Å²) in [6.07, 6.45) is 1.35. The van der Waals surface area contributed by atoms with Gasteiger partial charge < -0.3 is 14.5 Å². The van der Waals surface area contributed by atoms with Gasteiger partial charge >= 0.3 is 5.88 Å². The number of hydrogen-bond donors (Lipinski definition) is 1. The monoisotopic (exact) mass is 398 g/mol. The Morgan fingerprint density at radius 2 is 1.96 bits per heavy atom. The summed E-state index contributed by atoms with van der Waals surface area (Å²) in [6, 6.07) is 7.72. The lowest BCUT2D eigenvalue weighted by atomic mass is 9.74. The second-order valence-electron chi connectivity index (χ2n) is 6.09. The smallest absolute Gasteiger partial charge is 0.395 e. The van der Waals surface area contributed by atoms with Gasteiger partial charge in [-0.3, -0.25) is 14.9 Å². The topological polar surface area (TPSA) is 94.6 Å². The Balaban J connectivity index is 1.80.